The van der Waals surface area contributed by atoms with Crippen LogP contribution in [0.1, 0.15) is 38.3 Å². The molecule has 2 N–H and O–H groups in total. The molecule has 4 nitrogen and oxygen atoms in total. The Labute approximate surface area is 122 Å². The van der Waals surface area contributed by atoms with Crippen molar-refractivity contribution >= 4 is 0 Å². The first-order valence-electron chi connectivity index (χ1n) is 7.36. The van der Waals surface area contributed by atoms with Gasteiger partial charge in [0.2, 0.25) is 0 Å². The minimum Gasteiger partial charge on any atom is -0.493 e. The maximum atomic E-state index is 6.32. The van der Waals surface area contributed by atoms with Gasteiger partial charge in [-0.3, -0.25) is 0 Å². The number of ether oxygens (including phenoxy) is 2. The topological polar surface area (TPSA) is 47.7 Å². The first-order chi connectivity index (χ1) is 9.65. The molecule has 20 heavy (non-hydrogen) atoms. The zero-order chi connectivity index (χ0) is 15.0. The molecule has 0 aliphatic carbocycles. The van der Waals surface area contributed by atoms with Gasteiger partial charge in [-0.25, -0.2) is 0 Å². The Morgan fingerprint density at radius 2 is 1.85 bits per heavy atom. The van der Waals surface area contributed by atoms with Crippen LogP contribution in [0.15, 0.2) is 18.2 Å². The van der Waals surface area contributed by atoms with Gasteiger partial charge in [0.1, 0.15) is 0 Å². The quantitative estimate of drug-likeness (QED) is 0.755. The molecule has 114 valence electrons. The molecule has 1 aromatic carbocycles. The average molecular weight is 280 g/mol. The van der Waals surface area contributed by atoms with E-state index in [0.29, 0.717) is 0 Å². The van der Waals surface area contributed by atoms with Crippen molar-refractivity contribution in [1.82, 2.24) is 4.90 Å². The van der Waals surface area contributed by atoms with E-state index in [1.54, 1.807) is 14.2 Å². The maximum Gasteiger partial charge on any atom is 0.161 e. The second kappa shape index (κ2) is 8.82. The smallest absolute Gasteiger partial charge is 0.161 e. The molecule has 4 heteroatoms. The summed E-state index contributed by atoms with van der Waals surface area (Å²) in [7, 11) is 3.29. The minimum absolute atomic E-state index is 0.00777. The fourth-order valence-corrected chi connectivity index (χ4v) is 2.23. The normalized spacial score (nSPS) is 12.5. The summed E-state index contributed by atoms with van der Waals surface area (Å²) in [5.74, 6) is 1.47. The number of methoxy groups -OCH3 is 2. The van der Waals surface area contributed by atoms with E-state index in [9.17, 15) is 0 Å². The van der Waals surface area contributed by atoms with Gasteiger partial charge >= 0.3 is 0 Å². The van der Waals surface area contributed by atoms with E-state index in [4.69, 9.17) is 15.2 Å². The third-order valence-electron chi connectivity index (χ3n) is 3.57. The molecule has 1 rings (SSSR count). The Morgan fingerprint density at radius 3 is 2.40 bits per heavy atom. The van der Waals surface area contributed by atoms with Gasteiger partial charge in [0.15, 0.2) is 11.5 Å². The van der Waals surface area contributed by atoms with Gasteiger partial charge in [-0.2, -0.15) is 0 Å². The van der Waals surface area contributed by atoms with E-state index >= 15 is 0 Å². The molecular formula is C16H28N2O2. The predicted molar refractivity (Wildman–Crippen MR) is 83.5 cm³/mol. The molecule has 1 atom stereocenters. The number of nitrogens with zero attached hydrogens (tertiary/aromatic N) is 1. The molecular weight excluding hydrogens is 252 g/mol. The first kappa shape index (κ1) is 16.8. The molecule has 0 amide bonds. The Balaban J connectivity index is 2.73. The van der Waals surface area contributed by atoms with Crippen LogP contribution >= 0.6 is 0 Å². The molecule has 0 saturated carbocycles. The number of hydrogen-bond acceptors (Lipinski definition) is 4. The number of nitrogens with two attached hydrogens (primary N) is 1. The molecule has 0 aliphatic rings. The molecule has 0 aliphatic heterocycles. The monoisotopic (exact) mass is 280 g/mol. The van der Waals surface area contributed by atoms with Crippen LogP contribution in [-0.4, -0.2) is 38.8 Å². The van der Waals surface area contributed by atoms with E-state index in [2.05, 4.69) is 18.7 Å². The number of unbranched alkanes of at least 4 members (excludes halogenated alkanes) is 1. The first-order valence-corrected chi connectivity index (χ1v) is 7.36. The standard InChI is InChI=1S/C16H28N2O2/c1-5-7-10-18(6-2)12-14(17)13-8-9-15(19-3)16(11-13)20-4/h8-9,11,14H,5-7,10,12,17H2,1-4H3. The van der Waals surface area contributed by atoms with Crippen molar-refractivity contribution in [2.24, 2.45) is 5.73 Å². The fraction of sp³-hybridized carbons (Fsp3) is 0.625. The zero-order valence-electron chi connectivity index (χ0n) is 13.2. The molecule has 0 saturated heterocycles. The molecule has 0 spiro atoms. The van der Waals surface area contributed by atoms with E-state index in [-0.39, 0.29) is 6.04 Å². The van der Waals surface area contributed by atoms with Crippen molar-refractivity contribution in [3.8, 4) is 11.5 Å². The molecule has 0 aromatic heterocycles. The minimum atomic E-state index is -0.00777. The molecule has 0 bridgehead atoms. The lowest BCUT2D eigenvalue weighted by Crippen LogP contribution is -2.32. The molecule has 0 radical (unpaired) electrons. The van der Waals surface area contributed by atoms with Gasteiger partial charge in [0, 0.05) is 12.6 Å². The van der Waals surface area contributed by atoms with Crippen molar-refractivity contribution in [3.05, 3.63) is 23.8 Å². The largest absolute Gasteiger partial charge is 0.493 e. The van der Waals surface area contributed by atoms with Crippen molar-refractivity contribution in [3.63, 3.8) is 0 Å². The zero-order valence-corrected chi connectivity index (χ0v) is 13.2. The van der Waals surface area contributed by atoms with E-state index < -0.39 is 0 Å². The Kier molecular flexibility index (Phi) is 7.41. The summed E-state index contributed by atoms with van der Waals surface area (Å²) in [6.07, 6.45) is 2.43. The van der Waals surface area contributed by atoms with Crippen LogP contribution in [0.4, 0.5) is 0 Å². The highest BCUT2D eigenvalue weighted by Crippen LogP contribution is 2.29. The van der Waals surface area contributed by atoms with Gasteiger partial charge < -0.3 is 20.1 Å². The third kappa shape index (κ3) is 4.69. The number of benzene rings is 1. The highest BCUT2D eigenvalue weighted by atomic mass is 16.5. The van der Waals surface area contributed by atoms with Crippen LogP contribution in [0.25, 0.3) is 0 Å². The van der Waals surface area contributed by atoms with Crippen molar-refractivity contribution in [1.29, 1.82) is 0 Å². The second-order valence-electron chi connectivity index (χ2n) is 4.97. The molecule has 1 aromatic rings. The summed E-state index contributed by atoms with van der Waals surface area (Å²) < 4.78 is 10.6. The lowest BCUT2D eigenvalue weighted by Gasteiger charge is -2.24. The third-order valence-corrected chi connectivity index (χ3v) is 3.57. The van der Waals surface area contributed by atoms with Crippen molar-refractivity contribution < 1.29 is 9.47 Å². The highest BCUT2D eigenvalue weighted by Gasteiger charge is 2.13. The van der Waals surface area contributed by atoms with Crippen molar-refractivity contribution in [2.45, 2.75) is 32.7 Å². The van der Waals surface area contributed by atoms with Gasteiger partial charge in [-0.1, -0.05) is 26.3 Å². The van der Waals surface area contributed by atoms with Gasteiger partial charge in [-0.05, 0) is 37.2 Å². The Bertz CT molecular complexity index is 396. The van der Waals surface area contributed by atoms with Crippen LogP contribution in [0, 0.1) is 0 Å². The fourth-order valence-electron chi connectivity index (χ4n) is 2.23. The summed E-state index contributed by atoms with van der Waals surface area (Å²) in [6, 6.07) is 5.89. The summed E-state index contributed by atoms with van der Waals surface area (Å²) in [5, 5.41) is 0. The van der Waals surface area contributed by atoms with Crippen LogP contribution < -0.4 is 15.2 Å². The lowest BCUT2D eigenvalue weighted by molar-refractivity contribution is 0.266. The van der Waals surface area contributed by atoms with Gasteiger partial charge in [0.25, 0.3) is 0 Å². The van der Waals surface area contributed by atoms with Crippen LogP contribution in [-0.2, 0) is 0 Å². The number of rotatable bonds is 9. The number of hydrogen-bond donors (Lipinski definition) is 1. The summed E-state index contributed by atoms with van der Waals surface area (Å²) in [4.78, 5) is 2.39. The summed E-state index contributed by atoms with van der Waals surface area (Å²) in [6.45, 7) is 7.39. The molecule has 0 heterocycles. The Morgan fingerprint density at radius 1 is 1.15 bits per heavy atom. The summed E-state index contributed by atoms with van der Waals surface area (Å²) in [5.41, 5.74) is 7.40. The maximum absolute atomic E-state index is 6.32. The SMILES string of the molecule is CCCCN(CC)CC(N)c1ccc(OC)c(OC)c1. The Hall–Kier alpha value is -1.26. The second-order valence-corrected chi connectivity index (χ2v) is 4.97. The van der Waals surface area contributed by atoms with Gasteiger partial charge in [-0.15, -0.1) is 0 Å². The average Bonchev–Trinajstić information content (AvgIpc) is 2.50. The number of likely N-dealkylation sites (N-methyl/N-ethyl adjacent to an activating group) is 1. The predicted octanol–water partition coefficient (Wildman–Crippen LogP) is 2.83. The van der Waals surface area contributed by atoms with Gasteiger partial charge in [0.05, 0.1) is 14.2 Å². The highest BCUT2D eigenvalue weighted by molar-refractivity contribution is 5.43. The van der Waals surface area contributed by atoms with E-state index in [0.717, 1.165) is 36.7 Å². The van der Waals surface area contributed by atoms with E-state index in [1.165, 1.54) is 12.8 Å². The summed E-state index contributed by atoms with van der Waals surface area (Å²) >= 11 is 0. The van der Waals surface area contributed by atoms with E-state index in [1.807, 2.05) is 18.2 Å². The van der Waals surface area contributed by atoms with Crippen LogP contribution in [0.3, 0.4) is 0 Å². The van der Waals surface area contributed by atoms with Crippen molar-refractivity contribution in [2.75, 3.05) is 33.9 Å². The molecule has 0 fully saturated rings. The van der Waals surface area contributed by atoms with Crippen LogP contribution in [0.2, 0.25) is 0 Å². The lowest BCUT2D eigenvalue weighted by atomic mass is 10.1. The van der Waals surface area contributed by atoms with Crippen LogP contribution in [0.5, 0.6) is 11.5 Å². The molecule has 1 unspecified atom stereocenters.